The number of rotatable bonds is 8. The third-order valence-electron chi connectivity index (χ3n) is 7.00. The topological polar surface area (TPSA) is 110 Å². The average molecular weight is 549 g/mol. The second-order valence-electron chi connectivity index (χ2n) is 9.27. The van der Waals surface area contributed by atoms with E-state index in [1.165, 1.54) is 16.3 Å². The summed E-state index contributed by atoms with van der Waals surface area (Å²) < 4.78 is 16.0. The molecule has 2 aromatic carbocycles. The summed E-state index contributed by atoms with van der Waals surface area (Å²) in [4.78, 5) is 42.0. The highest BCUT2D eigenvalue weighted by Crippen LogP contribution is 2.38. The predicted molar refractivity (Wildman–Crippen MR) is 145 cm³/mol. The third-order valence-corrected chi connectivity index (χ3v) is 7.92. The van der Waals surface area contributed by atoms with Gasteiger partial charge in [0.2, 0.25) is 0 Å². The zero-order chi connectivity index (χ0) is 27.7. The van der Waals surface area contributed by atoms with Crippen LogP contribution in [0.2, 0.25) is 0 Å². The molecule has 0 bridgehead atoms. The van der Waals surface area contributed by atoms with E-state index >= 15 is 0 Å². The Hall–Kier alpha value is -4.38. The summed E-state index contributed by atoms with van der Waals surface area (Å²) in [7, 11) is 4.65. The Morgan fingerprint density at radius 2 is 1.79 bits per heavy atom. The Morgan fingerprint density at radius 1 is 1.05 bits per heavy atom. The van der Waals surface area contributed by atoms with Crippen molar-refractivity contribution < 1.29 is 28.6 Å². The lowest BCUT2D eigenvalue weighted by Gasteiger charge is -2.25. The van der Waals surface area contributed by atoms with Crippen molar-refractivity contribution in [1.29, 1.82) is 0 Å². The fraction of sp³-hybridized carbons (Fsp3) is 0.286. The Kier molecular flexibility index (Phi) is 7.00. The van der Waals surface area contributed by atoms with Crippen LogP contribution in [0.4, 0.5) is 4.79 Å². The Labute approximate surface area is 229 Å². The van der Waals surface area contributed by atoms with E-state index in [-0.39, 0.29) is 0 Å². The van der Waals surface area contributed by atoms with E-state index in [0.717, 1.165) is 21.1 Å². The van der Waals surface area contributed by atoms with E-state index < -0.39 is 36.0 Å². The van der Waals surface area contributed by atoms with Crippen LogP contribution < -0.4 is 19.5 Å². The van der Waals surface area contributed by atoms with Crippen molar-refractivity contribution in [3.63, 3.8) is 0 Å². The maximum Gasteiger partial charge on any atom is 0.325 e. The lowest BCUT2D eigenvalue weighted by Crippen LogP contribution is -2.43. The fourth-order valence-electron chi connectivity index (χ4n) is 4.82. The van der Waals surface area contributed by atoms with Crippen molar-refractivity contribution in [2.75, 3.05) is 27.9 Å². The Balaban J connectivity index is 1.42. The minimum absolute atomic E-state index is 0.455. The molecule has 0 unspecified atom stereocenters. The molecule has 0 spiro atoms. The van der Waals surface area contributed by atoms with Crippen LogP contribution in [0.5, 0.6) is 17.2 Å². The molecule has 0 saturated carbocycles. The summed E-state index contributed by atoms with van der Waals surface area (Å²) in [5.74, 6) is 0.713. The molecule has 5 rings (SSSR count). The first-order valence-electron chi connectivity index (χ1n) is 12.2. The largest absolute Gasteiger partial charge is 0.497 e. The van der Waals surface area contributed by atoms with Gasteiger partial charge in [-0.05, 0) is 53.8 Å². The van der Waals surface area contributed by atoms with E-state index in [9.17, 15) is 14.4 Å². The van der Waals surface area contributed by atoms with E-state index in [1.54, 1.807) is 58.6 Å². The van der Waals surface area contributed by atoms with Gasteiger partial charge in [0.05, 0.1) is 38.0 Å². The van der Waals surface area contributed by atoms with Crippen LogP contribution in [0.1, 0.15) is 35.4 Å². The lowest BCUT2D eigenvalue weighted by atomic mass is 9.92. The monoisotopic (exact) mass is 548 g/mol. The molecule has 1 aromatic heterocycles. The molecule has 0 aliphatic carbocycles. The van der Waals surface area contributed by atoms with Crippen LogP contribution in [-0.4, -0.2) is 61.3 Å². The first kappa shape index (κ1) is 26.2. The predicted octanol–water partition coefficient (Wildman–Crippen LogP) is 3.92. The maximum atomic E-state index is 13.7. The van der Waals surface area contributed by atoms with Crippen molar-refractivity contribution in [3.05, 3.63) is 76.0 Å². The first-order valence-corrected chi connectivity index (χ1v) is 13.1. The van der Waals surface area contributed by atoms with Gasteiger partial charge in [0.25, 0.3) is 11.8 Å². The number of imide groups is 1. The maximum absolute atomic E-state index is 13.7. The van der Waals surface area contributed by atoms with Gasteiger partial charge in [0, 0.05) is 6.42 Å². The molecule has 1 N–H and O–H groups in total. The van der Waals surface area contributed by atoms with Gasteiger partial charge < -0.3 is 19.5 Å². The van der Waals surface area contributed by atoms with Crippen LogP contribution in [0, 0.1) is 0 Å². The Morgan fingerprint density at radius 3 is 2.44 bits per heavy atom. The first-order chi connectivity index (χ1) is 18.8. The van der Waals surface area contributed by atoms with Gasteiger partial charge in [-0.15, -0.1) is 11.3 Å². The summed E-state index contributed by atoms with van der Waals surface area (Å²) in [6, 6.07) is 15.1. The average Bonchev–Trinajstić information content (AvgIpc) is 3.69. The van der Waals surface area contributed by atoms with Gasteiger partial charge in [-0.25, -0.2) is 9.80 Å². The SMILES string of the molecule is COc1ccc([C@@]2(C)NC(=O)N(CC(=O)N3N=C(c4cccs4)C[C@@H]3c3ccc(OC)c(OC)c3)C2=O)cc1. The van der Waals surface area contributed by atoms with Crippen molar-refractivity contribution in [2.45, 2.75) is 24.9 Å². The number of nitrogens with one attached hydrogen (secondary N) is 1. The number of carbonyl (C=O) groups is 3. The van der Waals surface area contributed by atoms with Crippen LogP contribution in [0.25, 0.3) is 0 Å². The molecule has 1 saturated heterocycles. The molecule has 202 valence electrons. The lowest BCUT2D eigenvalue weighted by molar-refractivity contribution is -0.140. The molecule has 4 amide bonds. The van der Waals surface area contributed by atoms with Gasteiger partial charge in [0.15, 0.2) is 11.5 Å². The summed E-state index contributed by atoms with van der Waals surface area (Å²) in [5.41, 5.74) is 0.803. The number of ether oxygens (including phenoxy) is 3. The standard InChI is InChI=1S/C28H28N4O6S/c1-28(18-8-10-19(36-2)11-9-18)26(34)31(27(35)29-28)16-25(33)32-21(15-20(30-32)24-6-5-13-39-24)17-7-12-22(37-3)23(14-17)38-4/h5-14,21H,15-16H2,1-4H3,(H,29,35)/t21-,28-/m1/s1. The highest BCUT2D eigenvalue weighted by Gasteiger charge is 2.50. The molecule has 0 radical (unpaired) electrons. The summed E-state index contributed by atoms with van der Waals surface area (Å²) in [6.07, 6.45) is 0.464. The highest BCUT2D eigenvalue weighted by molar-refractivity contribution is 7.12. The minimum Gasteiger partial charge on any atom is -0.497 e. The number of hydrogen-bond acceptors (Lipinski definition) is 8. The van der Waals surface area contributed by atoms with E-state index in [0.29, 0.717) is 29.2 Å². The third kappa shape index (κ3) is 4.69. The number of hydrogen-bond donors (Lipinski definition) is 1. The quantitative estimate of drug-likeness (QED) is 0.428. The number of carbonyl (C=O) groups excluding carboxylic acids is 3. The second-order valence-corrected chi connectivity index (χ2v) is 10.2. The number of methoxy groups -OCH3 is 3. The van der Waals surface area contributed by atoms with Gasteiger partial charge >= 0.3 is 6.03 Å². The molecule has 2 aliphatic rings. The highest BCUT2D eigenvalue weighted by atomic mass is 32.1. The van der Waals surface area contributed by atoms with Gasteiger partial charge in [0.1, 0.15) is 17.8 Å². The molecular formula is C28H28N4O6S. The molecule has 10 nitrogen and oxygen atoms in total. The molecule has 1 fully saturated rings. The van der Waals surface area contributed by atoms with Crippen LogP contribution in [0.3, 0.4) is 0 Å². The van der Waals surface area contributed by atoms with E-state index in [2.05, 4.69) is 10.4 Å². The minimum atomic E-state index is -1.32. The van der Waals surface area contributed by atoms with Gasteiger partial charge in [-0.2, -0.15) is 5.10 Å². The molecule has 39 heavy (non-hydrogen) atoms. The number of thiophene rings is 1. The second kappa shape index (κ2) is 10.4. The molecule has 2 aliphatic heterocycles. The van der Waals surface area contributed by atoms with E-state index in [4.69, 9.17) is 14.2 Å². The van der Waals surface area contributed by atoms with E-state index in [1.807, 2.05) is 29.6 Å². The molecule has 11 heteroatoms. The fourth-order valence-corrected chi connectivity index (χ4v) is 5.54. The van der Waals surface area contributed by atoms with Gasteiger partial charge in [-0.1, -0.05) is 24.3 Å². The summed E-state index contributed by atoms with van der Waals surface area (Å²) in [5, 5.41) is 10.7. The zero-order valence-electron chi connectivity index (χ0n) is 22.0. The molecule has 3 aromatic rings. The van der Waals surface area contributed by atoms with Crippen LogP contribution >= 0.6 is 11.3 Å². The summed E-state index contributed by atoms with van der Waals surface area (Å²) in [6.45, 7) is 1.16. The molecule has 3 heterocycles. The number of nitrogens with zero attached hydrogens (tertiary/aromatic N) is 3. The van der Waals surface area contributed by atoms with Gasteiger partial charge in [-0.3, -0.25) is 14.5 Å². The molecule has 2 atom stereocenters. The van der Waals surface area contributed by atoms with Crippen LogP contribution in [0.15, 0.2) is 65.1 Å². The van der Waals surface area contributed by atoms with Crippen molar-refractivity contribution >= 4 is 34.9 Å². The normalized spacial score (nSPS) is 20.6. The molecular weight excluding hydrogens is 520 g/mol. The Bertz CT molecular complexity index is 1440. The van der Waals surface area contributed by atoms with Crippen LogP contribution in [-0.2, 0) is 15.1 Å². The van der Waals surface area contributed by atoms with Crippen molar-refractivity contribution in [3.8, 4) is 17.2 Å². The number of urea groups is 1. The summed E-state index contributed by atoms with van der Waals surface area (Å²) >= 11 is 1.53. The smallest absolute Gasteiger partial charge is 0.325 e. The number of hydrazone groups is 1. The number of amides is 4. The van der Waals surface area contributed by atoms with Crippen molar-refractivity contribution in [1.82, 2.24) is 15.2 Å². The number of benzene rings is 2. The zero-order valence-corrected chi connectivity index (χ0v) is 22.8. The van der Waals surface area contributed by atoms with Crippen molar-refractivity contribution in [2.24, 2.45) is 5.10 Å².